The van der Waals surface area contributed by atoms with Crippen LogP contribution in [0.1, 0.15) is 64.7 Å². The molecule has 118 valence electrons. The van der Waals surface area contributed by atoms with Crippen molar-refractivity contribution < 1.29 is 0 Å². The Balaban J connectivity index is 1.79. The van der Waals surface area contributed by atoms with Crippen LogP contribution in [0.15, 0.2) is 0 Å². The first kappa shape index (κ1) is 15.3. The molecular weight excluding hydrogens is 256 g/mol. The van der Waals surface area contributed by atoms with Crippen LogP contribution in [0, 0.1) is 52.8 Å². The maximum absolute atomic E-state index is 9.38. The van der Waals surface area contributed by atoms with E-state index in [-0.39, 0.29) is 0 Å². The van der Waals surface area contributed by atoms with E-state index in [1.807, 2.05) is 0 Å². The predicted octanol–water partition coefficient (Wildman–Crippen LogP) is 4.35. The monoisotopic (exact) mass is 288 g/mol. The number of hydrogen-bond donors (Lipinski definition) is 1. The number of hydrogen-bond acceptors (Lipinski definition) is 2. The molecule has 0 aliphatic heterocycles. The molecule has 0 spiro atoms. The molecule has 0 radical (unpaired) electrons. The first-order chi connectivity index (χ1) is 10.2. The second-order valence-electron chi connectivity index (χ2n) is 8.23. The Hall–Kier alpha value is -0.550. The average Bonchev–Trinajstić information content (AvgIpc) is 2.51. The predicted molar refractivity (Wildman–Crippen MR) is 86.3 cm³/mol. The first-order valence-corrected chi connectivity index (χ1v) is 9.32. The summed E-state index contributed by atoms with van der Waals surface area (Å²) >= 11 is 0. The lowest BCUT2D eigenvalue weighted by Gasteiger charge is -2.51. The topological polar surface area (TPSA) is 49.8 Å². The van der Waals surface area contributed by atoms with Gasteiger partial charge >= 0.3 is 0 Å². The summed E-state index contributed by atoms with van der Waals surface area (Å²) in [4.78, 5) is 0. The average molecular weight is 288 g/mol. The van der Waals surface area contributed by atoms with Gasteiger partial charge in [-0.2, -0.15) is 5.26 Å². The molecule has 3 fully saturated rings. The third-order valence-electron chi connectivity index (χ3n) is 7.07. The number of nitriles is 1. The van der Waals surface area contributed by atoms with E-state index in [1.54, 1.807) is 0 Å². The largest absolute Gasteiger partial charge is 0.330 e. The minimum Gasteiger partial charge on any atom is -0.330 e. The van der Waals surface area contributed by atoms with Gasteiger partial charge in [-0.1, -0.05) is 26.2 Å². The van der Waals surface area contributed by atoms with Crippen LogP contribution < -0.4 is 5.73 Å². The fraction of sp³-hybridized carbons (Fsp3) is 0.947. The molecule has 0 amide bonds. The van der Waals surface area contributed by atoms with Crippen LogP contribution in [0.2, 0.25) is 0 Å². The van der Waals surface area contributed by atoms with Gasteiger partial charge in [-0.15, -0.1) is 0 Å². The smallest absolute Gasteiger partial charge is 0.0655 e. The summed E-state index contributed by atoms with van der Waals surface area (Å²) in [6.45, 7) is 3.38. The van der Waals surface area contributed by atoms with Gasteiger partial charge in [0.2, 0.25) is 0 Å². The van der Waals surface area contributed by atoms with Crippen molar-refractivity contribution in [2.75, 3.05) is 6.54 Å². The van der Waals surface area contributed by atoms with E-state index in [2.05, 4.69) is 13.0 Å². The Morgan fingerprint density at radius 1 is 0.952 bits per heavy atom. The molecule has 3 aliphatic rings. The quantitative estimate of drug-likeness (QED) is 0.779. The maximum Gasteiger partial charge on any atom is 0.0655 e. The Bertz CT molecular complexity index is 386. The second-order valence-corrected chi connectivity index (χ2v) is 8.23. The van der Waals surface area contributed by atoms with Gasteiger partial charge in [0.05, 0.1) is 6.07 Å². The third-order valence-corrected chi connectivity index (χ3v) is 7.07. The highest BCUT2D eigenvalue weighted by Gasteiger charge is 2.45. The molecule has 0 heterocycles. The molecule has 3 saturated carbocycles. The number of nitrogens with zero attached hydrogens (tertiary/aromatic N) is 1. The van der Waals surface area contributed by atoms with Crippen molar-refractivity contribution in [3.63, 3.8) is 0 Å². The lowest BCUT2D eigenvalue weighted by atomic mass is 9.54. The molecule has 21 heavy (non-hydrogen) atoms. The molecule has 7 unspecified atom stereocenters. The molecule has 0 saturated heterocycles. The van der Waals surface area contributed by atoms with Gasteiger partial charge in [-0.05, 0) is 80.6 Å². The summed E-state index contributed by atoms with van der Waals surface area (Å²) in [7, 11) is 0. The van der Waals surface area contributed by atoms with Crippen molar-refractivity contribution in [1.82, 2.24) is 0 Å². The molecule has 3 rings (SSSR count). The lowest BCUT2D eigenvalue weighted by Crippen LogP contribution is -2.45. The molecule has 0 aromatic heterocycles. The van der Waals surface area contributed by atoms with Gasteiger partial charge in [-0.3, -0.25) is 0 Å². The van der Waals surface area contributed by atoms with Gasteiger partial charge in [-0.25, -0.2) is 0 Å². The molecule has 2 heteroatoms. The number of rotatable bonds is 1. The standard InChI is InChI=1S/C19H32N2/c1-13-8-16(12-21)18-7-6-14-9-15(11-20)4-2-3-5-17(13)19(18)10-14/h13-19H,2-10,12,21H2,1H3. The van der Waals surface area contributed by atoms with Crippen LogP contribution in [0.4, 0.5) is 0 Å². The highest BCUT2D eigenvalue weighted by Crippen LogP contribution is 2.53. The van der Waals surface area contributed by atoms with Crippen LogP contribution in [-0.2, 0) is 0 Å². The fourth-order valence-electron chi connectivity index (χ4n) is 6.04. The van der Waals surface area contributed by atoms with E-state index in [0.717, 1.165) is 48.5 Å². The van der Waals surface area contributed by atoms with Gasteiger partial charge < -0.3 is 5.73 Å². The van der Waals surface area contributed by atoms with E-state index >= 15 is 0 Å². The van der Waals surface area contributed by atoms with Crippen molar-refractivity contribution in [2.45, 2.75) is 64.7 Å². The first-order valence-electron chi connectivity index (χ1n) is 9.32. The SMILES string of the molecule is CC1CC(CN)C2CCC3CC(C#N)CCCCC1C2C3. The van der Waals surface area contributed by atoms with Crippen molar-refractivity contribution in [3.8, 4) is 6.07 Å². The van der Waals surface area contributed by atoms with Crippen LogP contribution in [0.5, 0.6) is 0 Å². The zero-order chi connectivity index (χ0) is 14.8. The maximum atomic E-state index is 9.38. The van der Waals surface area contributed by atoms with Crippen LogP contribution in [-0.4, -0.2) is 6.54 Å². The summed E-state index contributed by atoms with van der Waals surface area (Å²) in [6.07, 6.45) is 11.9. The van der Waals surface area contributed by atoms with E-state index in [9.17, 15) is 5.26 Å². The summed E-state index contributed by atoms with van der Waals surface area (Å²) in [6, 6.07) is 2.58. The van der Waals surface area contributed by atoms with E-state index in [0.29, 0.717) is 5.92 Å². The Morgan fingerprint density at radius 2 is 1.76 bits per heavy atom. The van der Waals surface area contributed by atoms with Crippen LogP contribution in [0.25, 0.3) is 0 Å². The van der Waals surface area contributed by atoms with E-state index in [1.165, 1.54) is 51.4 Å². The zero-order valence-corrected chi connectivity index (χ0v) is 13.6. The minimum absolute atomic E-state index is 0.328. The molecule has 2 N–H and O–H groups in total. The van der Waals surface area contributed by atoms with Gasteiger partial charge in [0, 0.05) is 5.92 Å². The van der Waals surface area contributed by atoms with Crippen molar-refractivity contribution in [1.29, 1.82) is 5.26 Å². The Labute approximate surface area is 130 Å². The van der Waals surface area contributed by atoms with Crippen molar-refractivity contribution in [2.24, 2.45) is 47.2 Å². The van der Waals surface area contributed by atoms with Crippen LogP contribution >= 0.6 is 0 Å². The normalized spacial score (nSPS) is 47.4. The van der Waals surface area contributed by atoms with E-state index < -0.39 is 0 Å². The second kappa shape index (κ2) is 6.69. The summed E-state index contributed by atoms with van der Waals surface area (Å²) in [5.74, 6) is 5.54. The Morgan fingerprint density at radius 3 is 2.52 bits per heavy atom. The number of nitrogens with two attached hydrogens (primary N) is 1. The molecule has 0 aromatic rings. The van der Waals surface area contributed by atoms with Crippen LogP contribution in [0.3, 0.4) is 0 Å². The molecule has 0 aromatic carbocycles. The molecule has 2 bridgehead atoms. The molecular formula is C19H32N2. The summed E-state index contributed by atoms with van der Waals surface area (Å²) in [5.41, 5.74) is 6.10. The van der Waals surface area contributed by atoms with Gasteiger partial charge in [0.25, 0.3) is 0 Å². The van der Waals surface area contributed by atoms with Crippen molar-refractivity contribution >= 4 is 0 Å². The minimum atomic E-state index is 0.328. The molecule has 3 aliphatic carbocycles. The summed E-state index contributed by atoms with van der Waals surface area (Å²) in [5, 5.41) is 9.38. The molecule has 2 nitrogen and oxygen atoms in total. The Kier molecular flexibility index (Phi) is 4.89. The number of fused-ring (bicyclic) bond motifs is 1. The van der Waals surface area contributed by atoms with E-state index in [4.69, 9.17) is 5.73 Å². The van der Waals surface area contributed by atoms with Crippen molar-refractivity contribution in [3.05, 3.63) is 0 Å². The van der Waals surface area contributed by atoms with Gasteiger partial charge in [0.1, 0.15) is 0 Å². The van der Waals surface area contributed by atoms with Gasteiger partial charge in [0.15, 0.2) is 0 Å². The summed E-state index contributed by atoms with van der Waals surface area (Å²) < 4.78 is 0. The zero-order valence-electron chi connectivity index (χ0n) is 13.6. The highest BCUT2D eigenvalue weighted by molar-refractivity contribution is 4.96. The fourth-order valence-corrected chi connectivity index (χ4v) is 6.04. The molecule has 7 atom stereocenters. The third kappa shape index (κ3) is 3.14. The lowest BCUT2D eigenvalue weighted by molar-refractivity contribution is -0.0118. The highest BCUT2D eigenvalue weighted by atomic mass is 14.6.